The van der Waals surface area contributed by atoms with Crippen molar-refractivity contribution in [3.63, 3.8) is 0 Å². The third-order valence-corrected chi connectivity index (χ3v) is 7.05. The Morgan fingerprint density at radius 3 is 2.56 bits per heavy atom. The van der Waals surface area contributed by atoms with E-state index in [2.05, 4.69) is 5.16 Å². The predicted octanol–water partition coefficient (Wildman–Crippen LogP) is 2.91. The van der Waals surface area contributed by atoms with Crippen LogP contribution in [-0.4, -0.2) is 43.4 Å². The molecule has 0 fully saturated rings. The molecule has 1 aromatic carbocycles. The minimum absolute atomic E-state index is 0.161. The molecule has 0 spiro atoms. The van der Waals surface area contributed by atoms with Gasteiger partial charge in [0.2, 0.25) is 10.0 Å². The number of aromatic nitrogens is 1. The van der Waals surface area contributed by atoms with Gasteiger partial charge in [-0.3, -0.25) is 4.79 Å². The molecule has 0 N–H and O–H groups in total. The van der Waals surface area contributed by atoms with Crippen LogP contribution in [0.5, 0.6) is 0 Å². The summed E-state index contributed by atoms with van der Waals surface area (Å²) in [6.07, 6.45) is 1.51. The van der Waals surface area contributed by atoms with Crippen LogP contribution in [0.3, 0.4) is 0 Å². The van der Waals surface area contributed by atoms with Crippen molar-refractivity contribution in [2.75, 3.05) is 24.5 Å². The molecule has 0 radical (unpaired) electrons. The number of sulfonamides is 1. The molecule has 146 valence electrons. The third kappa shape index (κ3) is 3.39. The van der Waals surface area contributed by atoms with Gasteiger partial charge in [-0.1, -0.05) is 19.0 Å². The van der Waals surface area contributed by atoms with Crippen molar-refractivity contribution in [2.24, 2.45) is 0 Å². The van der Waals surface area contributed by atoms with E-state index in [0.29, 0.717) is 36.7 Å². The van der Waals surface area contributed by atoms with Crippen molar-refractivity contribution in [1.29, 1.82) is 0 Å². The lowest BCUT2D eigenvalue weighted by molar-refractivity contribution is 0.0983. The first-order valence-corrected chi connectivity index (χ1v) is 10.6. The van der Waals surface area contributed by atoms with Gasteiger partial charge in [-0.2, -0.15) is 4.31 Å². The molecule has 1 amide bonds. The van der Waals surface area contributed by atoms with Crippen LogP contribution >= 0.6 is 0 Å². The lowest BCUT2D eigenvalue weighted by Crippen LogP contribution is -2.36. The van der Waals surface area contributed by atoms with Gasteiger partial charge in [-0.25, -0.2) is 8.42 Å². The second kappa shape index (κ2) is 7.44. The number of hydrogen-bond donors (Lipinski definition) is 0. The van der Waals surface area contributed by atoms with E-state index in [-0.39, 0.29) is 10.8 Å². The molecule has 27 heavy (non-hydrogen) atoms. The molecule has 0 bridgehead atoms. The van der Waals surface area contributed by atoms with Crippen molar-refractivity contribution in [2.45, 2.75) is 45.4 Å². The van der Waals surface area contributed by atoms with E-state index in [1.54, 1.807) is 36.9 Å². The summed E-state index contributed by atoms with van der Waals surface area (Å²) in [6.45, 7) is 8.54. The van der Waals surface area contributed by atoms with E-state index in [9.17, 15) is 13.2 Å². The molecule has 0 unspecified atom stereocenters. The molecule has 8 heteroatoms. The molecular formula is C19H25N3O4S. The number of aryl methyl sites for hydroxylation is 3. The molecule has 7 nitrogen and oxygen atoms in total. The Labute approximate surface area is 160 Å². The van der Waals surface area contributed by atoms with Crippen LogP contribution in [0.1, 0.15) is 47.6 Å². The number of fused-ring (bicyclic) bond motifs is 1. The van der Waals surface area contributed by atoms with Gasteiger partial charge in [0.25, 0.3) is 5.91 Å². The zero-order valence-corrected chi connectivity index (χ0v) is 17.0. The smallest absolute Gasteiger partial charge is 0.263 e. The van der Waals surface area contributed by atoms with E-state index in [4.69, 9.17) is 4.52 Å². The zero-order chi connectivity index (χ0) is 19.8. The molecule has 2 heterocycles. The summed E-state index contributed by atoms with van der Waals surface area (Å²) in [5.74, 6) is 0.330. The van der Waals surface area contributed by atoms with Crippen molar-refractivity contribution in [3.8, 4) is 0 Å². The number of hydrogen-bond acceptors (Lipinski definition) is 5. The summed E-state index contributed by atoms with van der Waals surface area (Å²) in [5.41, 5.74) is 2.66. The number of nitrogens with zero attached hydrogens (tertiary/aromatic N) is 3. The van der Waals surface area contributed by atoms with Gasteiger partial charge in [-0.15, -0.1) is 0 Å². The monoisotopic (exact) mass is 391 g/mol. The minimum atomic E-state index is -3.52. The second-order valence-corrected chi connectivity index (χ2v) is 8.58. The lowest BCUT2D eigenvalue weighted by atomic mass is 10.0. The van der Waals surface area contributed by atoms with Crippen LogP contribution in [0.15, 0.2) is 27.6 Å². The Hall–Kier alpha value is -2.19. The topological polar surface area (TPSA) is 83.7 Å². The molecule has 0 saturated heterocycles. The summed E-state index contributed by atoms with van der Waals surface area (Å²) in [5, 5.41) is 3.87. The standard InChI is InChI=1S/C19H25N3O4S/c1-5-21(6-2)27(24,25)16-9-10-17-15(12-16)8-7-11-22(17)19(23)18-13(3)20-26-14(18)4/h9-10,12H,5-8,11H2,1-4H3. The first-order chi connectivity index (χ1) is 12.8. The Kier molecular flexibility index (Phi) is 5.39. The number of carbonyl (C=O) groups excluding carboxylic acids is 1. The molecule has 1 aromatic heterocycles. The maximum atomic E-state index is 13.0. The first kappa shape index (κ1) is 19.6. The molecule has 0 aliphatic carbocycles. The van der Waals surface area contributed by atoms with Gasteiger partial charge in [0, 0.05) is 25.3 Å². The largest absolute Gasteiger partial charge is 0.361 e. The highest BCUT2D eigenvalue weighted by molar-refractivity contribution is 7.89. The molecule has 3 rings (SSSR count). The van der Waals surface area contributed by atoms with Crippen molar-refractivity contribution in [3.05, 3.63) is 40.8 Å². The van der Waals surface area contributed by atoms with E-state index in [1.165, 1.54) is 4.31 Å². The van der Waals surface area contributed by atoms with Crippen LogP contribution in [0.4, 0.5) is 5.69 Å². The molecular weight excluding hydrogens is 366 g/mol. The van der Waals surface area contributed by atoms with Crippen LogP contribution in [0.2, 0.25) is 0 Å². The van der Waals surface area contributed by atoms with Crippen molar-refractivity contribution < 1.29 is 17.7 Å². The van der Waals surface area contributed by atoms with Gasteiger partial charge >= 0.3 is 0 Å². The fraction of sp³-hybridized carbons (Fsp3) is 0.474. The average molecular weight is 391 g/mol. The van der Waals surface area contributed by atoms with Crippen LogP contribution in [0.25, 0.3) is 0 Å². The SMILES string of the molecule is CCN(CC)S(=O)(=O)c1ccc2c(c1)CCCN2C(=O)c1c(C)noc1C. The van der Waals surface area contributed by atoms with Gasteiger partial charge in [-0.05, 0) is 50.5 Å². The average Bonchev–Trinajstić information content (AvgIpc) is 2.99. The van der Waals surface area contributed by atoms with Gasteiger partial charge < -0.3 is 9.42 Å². The Balaban J connectivity index is 2.00. The van der Waals surface area contributed by atoms with Gasteiger partial charge in [0.1, 0.15) is 11.3 Å². The maximum absolute atomic E-state index is 13.0. The van der Waals surface area contributed by atoms with Gasteiger partial charge in [0.05, 0.1) is 10.6 Å². The molecule has 1 aliphatic rings. The summed E-state index contributed by atoms with van der Waals surface area (Å²) in [6, 6.07) is 5.03. The third-order valence-electron chi connectivity index (χ3n) is 5.01. The summed E-state index contributed by atoms with van der Waals surface area (Å²) in [7, 11) is -3.52. The zero-order valence-electron chi connectivity index (χ0n) is 16.2. The molecule has 1 aliphatic heterocycles. The summed E-state index contributed by atoms with van der Waals surface area (Å²) < 4.78 is 32.2. The normalized spacial score (nSPS) is 14.5. The molecule has 0 atom stereocenters. The maximum Gasteiger partial charge on any atom is 0.263 e. The summed E-state index contributed by atoms with van der Waals surface area (Å²) in [4.78, 5) is 15.0. The quantitative estimate of drug-likeness (QED) is 0.782. The van der Waals surface area contributed by atoms with Gasteiger partial charge in [0.15, 0.2) is 0 Å². The number of carbonyl (C=O) groups is 1. The fourth-order valence-corrected chi connectivity index (χ4v) is 5.09. The van der Waals surface area contributed by atoms with E-state index >= 15 is 0 Å². The predicted molar refractivity (Wildman–Crippen MR) is 103 cm³/mol. The van der Waals surface area contributed by atoms with Crippen molar-refractivity contribution >= 4 is 21.6 Å². The Bertz CT molecular complexity index is 942. The number of amides is 1. The van der Waals surface area contributed by atoms with E-state index in [1.807, 2.05) is 13.8 Å². The van der Waals surface area contributed by atoms with Crippen LogP contribution in [0, 0.1) is 13.8 Å². The van der Waals surface area contributed by atoms with Crippen LogP contribution < -0.4 is 4.90 Å². The minimum Gasteiger partial charge on any atom is -0.361 e. The van der Waals surface area contributed by atoms with Crippen molar-refractivity contribution in [1.82, 2.24) is 9.46 Å². The number of benzene rings is 1. The Morgan fingerprint density at radius 2 is 1.96 bits per heavy atom. The highest BCUT2D eigenvalue weighted by Crippen LogP contribution is 2.32. The van der Waals surface area contributed by atoms with Crippen LogP contribution in [-0.2, 0) is 16.4 Å². The van der Waals surface area contributed by atoms with E-state index < -0.39 is 10.0 Å². The highest BCUT2D eigenvalue weighted by atomic mass is 32.2. The number of rotatable bonds is 5. The first-order valence-electron chi connectivity index (χ1n) is 9.19. The fourth-order valence-electron chi connectivity index (χ4n) is 3.58. The van der Waals surface area contributed by atoms with E-state index in [0.717, 1.165) is 24.1 Å². The second-order valence-electron chi connectivity index (χ2n) is 6.64. The Morgan fingerprint density at radius 1 is 1.26 bits per heavy atom. The molecule has 2 aromatic rings. The highest BCUT2D eigenvalue weighted by Gasteiger charge is 2.30. The lowest BCUT2D eigenvalue weighted by Gasteiger charge is -2.30. The molecule has 0 saturated carbocycles. The summed E-state index contributed by atoms with van der Waals surface area (Å²) >= 11 is 0. The number of anilines is 1.